The van der Waals surface area contributed by atoms with Crippen LogP contribution in [0.4, 0.5) is 5.69 Å². The van der Waals surface area contributed by atoms with Gasteiger partial charge in [0.15, 0.2) is 0 Å². The fourth-order valence-corrected chi connectivity index (χ4v) is 1.85. The van der Waals surface area contributed by atoms with E-state index in [1.165, 1.54) is 0 Å². The van der Waals surface area contributed by atoms with Crippen LogP contribution in [0.25, 0.3) is 0 Å². The number of thiocarbonyl (C=S) groups is 1. The topological polar surface area (TPSA) is 60.2 Å². The summed E-state index contributed by atoms with van der Waals surface area (Å²) < 4.78 is 5.37. The molecule has 0 saturated carbocycles. The van der Waals surface area contributed by atoms with Gasteiger partial charge in [0, 0.05) is 6.61 Å². The summed E-state index contributed by atoms with van der Waals surface area (Å²) in [7, 11) is 0. The van der Waals surface area contributed by atoms with Gasteiger partial charge in [-0.1, -0.05) is 12.2 Å². The molecule has 5 heteroatoms. The SMILES string of the molecule is CC1(Nc2ccc(C(N)=S)nc2)CCOC1. The molecule has 0 aliphatic carbocycles. The van der Waals surface area contributed by atoms with Gasteiger partial charge in [-0.15, -0.1) is 0 Å². The van der Waals surface area contributed by atoms with Gasteiger partial charge in [0.2, 0.25) is 0 Å². The molecule has 4 nitrogen and oxygen atoms in total. The Morgan fingerprint density at radius 3 is 2.94 bits per heavy atom. The molecule has 1 aliphatic heterocycles. The summed E-state index contributed by atoms with van der Waals surface area (Å²) >= 11 is 4.85. The average Bonchev–Trinajstić information content (AvgIpc) is 2.65. The highest BCUT2D eigenvalue weighted by Gasteiger charge is 2.29. The highest BCUT2D eigenvalue weighted by Crippen LogP contribution is 2.23. The van der Waals surface area contributed by atoms with Crippen LogP contribution >= 0.6 is 12.2 Å². The Morgan fingerprint density at radius 1 is 1.62 bits per heavy atom. The summed E-state index contributed by atoms with van der Waals surface area (Å²) in [4.78, 5) is 4.50. The number of ether oxygens (including phenoxy) is 1. The lowest BCUT2D eigenvalue weighted by Gasteiger charge is -2.24. The number of hydrogen-bond acceptors (Lipinski definition) is 4. The van der Waals surface area contributed by atoms with Crippen molar-refractivity contribution in [3.8, 4) is 0 Å². The summed E-state index contributed by atoms with van der Waals surface area (Å²) in [6.07, 6.45) is 2.75. The van der Waals surface area contributed by atoms with Gasteiger partial charge in [-0.2, -0.15) is 0 Å². The lowest BCUT2D eigenvalue weighted by molar-refractivity contribution is 0.185. The van der Waals surface area contributed by atoms with E-state index in [1.807, 2.05) is 12.1 Å². The molecule has 1 aromatic rings. The molecular formula is C11H15N3OS. The molecule has 0 radical (unpaired) electrons. The molecular weight excluding hydrogens is 222 g/mol. The van der Waals surface area contributed by atoms with Crippen molar-refractivity contribution in [2.45, 2.75) is 18.9 Å². The Bertz CT molecular complexity index is 385. The maximum atomic E-state index is 5.48. The van der Waals surface area contributed by atoms with Crippen LogP contribution in [0.2, 0.25) is 0 Å². The molecule has 2 heterocycles. The Kier molecular flexibility index (Phi) is 3.07. The van der Waals surface area contributed by atoms with E-state index in [1.54, 1.807) is 6.20 Å². The van der Waals surface area contributed by atoms with Crippen molar-refractivity contribution < 1.29 is 4.74 Å². The van der Waals surface area contributed by atoms with Crippen molar-refractivity contribution >= 4 is 22.9 Å². The molecule has 1 saturated heterocycles. The van der Waals surface area contributed by atoms with E-state index in [0.717, 1.165) is 25.3 Å². The fraction of sp³-hybridized carbons (Fsp3) is 0.455. The second kappa shape index (κ2) is 4.35. The van der Waals surface area contributed by atoms with E-state index in [4.69, 9.17) is 22.7 Å². The van der Waals surface area contributed by atoms with E-state index >= 15 is 0 Å². The van der Waals surface area contributed by atoms with Crippen LogP contribution in [0.15, 0.2) is 18.3 Å². The normalized spacial score (nSPS) is 24.3. The zero-order valence-corrected chi connectivity index (χ0v) is 10.0. The third-order valence-corrected chi connectivity index (χ3v) is 2.89. The predicted molar refractivity (Wildman–Crippen MR) is 67.6 cm³/mol. The molecule has 0 spiro atoms. The van der Waals surface area contributed by atoms with Crippen LogP contribution in [-0.4, -0.2) is 28.7 Å². The van der Waals surface area contributed by atoms with E-state index < -0.39 is 0 Å². The first-order valence-corrected chi connectivity index (χ1v) is 5.62. The Balaban J connectivity index is 2.07. The molecule has 3 N–H and O–H groups in total. The van der Waals surface area contributed by atoms with E-state index in [-0.39, 0.29) is 5.54 Å². The average molecular weight is 237 g/mol. The minimum Gasteiger partial charge on any atom is -0.388 e. The van der Waals surface area contributed by atoms with Crippen LogP contribution in [0.5, 0.6) is 0 Å². The molecule has 1 atom stereocenters. The third kappa shape index (κ3) is 2.48. The van der Waals surface area contributed by atoms with Gasteiger partial charge >= 0.3 is 0 Å². The number of nitrogens with one attached hydrogen (secondary N) is 1. The lowest BCUT2D eigenvalue weighted by atomic mass is 10.0. The van der Waals surface area contributed by atoms with Crippen LogP contribution < -0.4 is 11.1 Å². The maximum Gasteiger partial charge on any atom is 0.122 e. The third-order valence-electron chi connectivity index (χ3n) is 2.68. The molecule has 0 bridgehead atoms. The number of pyridine rings is 1. The second-order valence-electron chi connectivity index (χ2n) is 4.28. The van der Waals surface area contributed by atoms with Crippen molar-refractivity contribution in [2.75, 3.05) is 18.5 Å². The van der Waals surface area contributed by atoms with Crippen molar-refractivity contribution in [3.63, 3.8) is 0 Å². The monoisotopic (exact) mass is 237 g/mol. The fourth-order valence-electron chi connectivity index (χ4n) is 1.73. The van der Waals surface area contributed by atoms with Crippen LogP contribution in [0.1, 0.15) is 19.0 Å². The van der Waals surface area contributed by atoms with Crippen molar-refractivity contribution in [1.29, 1.82) is 0 Å². The van der Waals surface area contributed by atoms with Gasteiger partial charge in [0.1, 0.15) is 4.99 Å². The number of nitrogens with two attached hydrogens (primary N) is 1. The molecule has 0 amide bonds. The molecule has 1 unspecified atom stereocenters. The summed E-state index contributed by atoms with van der Waals surface area (Å²) in [5.74, 6) is 0. The first-order valence-electron chi connectivity index (χ1n) is 5.21. The number of rotatable bonds is 3. The van der Waals surface area contributed by atoms with E-state index in [0.29, 0.717) is 10.7 Å². The smallest absolute Gasteiger partial charge is 0.122 e. The molecule has 1 aliphatic rings. The molecule has 16 heavy (non-hydrogen) atoms. The number of anilines is 1. The first kappa shape index (κ1) is 11.3. The minimum absolute atomic E-state index is 0.00637. The second-order valence-corrected chi connectivity index (χ2v) is 4.72. The highest BCUT2D eigenvalue weighted by molar-refractivity contribution is 7.80. The zero-order chi connectivity index (χ0) is 11.6. The summed E-state index contributed by atoms with van der Waals surface area (Å²) in [5.41, 5.74) is 7.10. The van der Waals surface area contributed by atoms with Gasteiger partial charge in [-0.05, 0) is 25.5 Å². The van der Waals surface area contributed by atoms with Gasteiger partial charge < -0.3 is 15.8 Å². The Labute approximate surface area is 100 Å². The van der Waals surface area contributed by atoms with Crippen molar-refractivity contribution in [1.82, 2.24) is 4.98 Å². The quantitative estimate of drug-likeness (QED) is 0.776. The first-order chi connectivity index (χ1) is 7.59. The molecule has 1 aromatic heterocycles. The van der Waals surface area contributed by atoms with Crippen molar-refractivity contribution in [2.24, 2.45) is 5.73 Å². The van der Waals surface area contributed by atoms with Crippen LogP contribution in [0, 0.1) is 0 Å². The maximum absolute atomic E-state index is 5.48. The van der Waals surface area contributed by atoms with Crippen LogP contribution in [-0.2, 0) is 4.74 Å². The predicted octanol–water partition coefficient (Wildman–Crippen LogP) is 1.31. The standard InChI is InChI=1S/C11H15N3OS/c1-11(4-5-15-7-11)14-8-2-3-9(10(12)16)13-6-8/h2-3,6,14H,4-5,7H2,1H3,(H2,12,16). The number of aromatic nitrogens is 1. The molecule has 86 valence electrons. The van der Waals surface area contributed by atoms with Gasteiger partial charge in [0.05, 0.1) is 29.7 Å². The van der Waals surface area contributed by atoms with Gasteiger partial charge in [0.25, 0.3) is 0 Å². The molecule has 0 aromatic carbocycles. The number of hydrogen-bond donors (Lipinski definition) is 2. The summed E-state index contributed by atoms with van der Waals surface area (Å²) in [5, 5.41) is 3.41. The van der Waals surface area contributed by atoms with Crippen LogP contribution in [0.3, 0.4) is 0 Å². The summed E-state index contributed by atoms with van der Waals surface area (Å²) in [6.45, 7) is 3.67. The van der Waals surface area contributed by atoms with Crippen molar-refractivity contribution in [3.05, 3.63) is 24.0 Å². The summed E-state index contributed by atoms with van der Waals surface area (Å²) in [6, 6.07) is 3.76. The zero-order valence-electron chi connectivity index (χ0n) is 9.19. The number of nitrogens with zero attached hydrogens (tertiary/aromatic N) is 1. The molecule has 2 rings (SSSR count). The molecule has 1 fully saturated rings. The largest absolute Gasteiger partial charge is 0.388 e. The Morgan fingerprint density at radius 2 is 2.44 bits per heavy atom. The van der Waals surface area contributed by atoms with Gasteiger partial charge in [-0.3, -0.25) is 4.98 Å². The Hall–Kier alpha value is -1.20. The van der Waals surface area contributed by atoms with Gasteiger partial charge in [-0.25, -0.2) is 0 Å². The van der Waals surface area contributed by atoms with E-state index in [9.17, 15) is 0 Å². The highest BCUT2D eigenvalue weighted by atomic mass is 32.1. The lowest BCUT2D eigenvalue weighted by Crippen LogP contribution is -2.34. The minimum atomic E-state index is 0.00637. The van der Waals surface area contributed by atoms with E-state index in [2.05, 4.69) is 17.2 Å².